The number of Topliss-reactive ketones (excluding diaryl/α,β-unsaturated/α-hetero) is 1. The largest absolute Gasteiger partial charge is 0.292 e. The molecule has 2 rings (SSSR count). The molecule has 0 aromatic heterocycles. The number of ketones is 1. The highest BCUT2D eigenvalue weighted by molar-refractivity contribution is 14.1. The number of imide groups is 1. The number of carbonyl (C=O) groups is 3. The van der Waals surface area contributed by atoms with Crippen LogP contribution in [0.2, 0.25) is 0 Å². The minimum Gasteiger partial charge on any atom is -0.292 e. The summed E-state index contributed by atoms with van der Waals surface area (Å²) in [5, 5.41) is 0. The average Bonchev–Trinajstić information content (AvgIpc) is 2.57. The number of hydrogen-bond donors (Lipinski definition) is 0. The Kier molecular flexibility index (Phi) is 3.79. The molecule has 1 saturated heterocycles. The predicted octanol–water partition coefficient (Wildman–Crippen LogP) is 1.87. The molecule has 0 saturated carbocycles. The zero-order valence-electron chi connectivity index (χ0n) is 9.85. The molecule has 1 unspecified atom stereocenters. The van der Waals surface area contributed by atoms with Crippen LogP contribution in [0.3, 0.4) is 0 Å². The van der Waals surface area contributed by atoms with Crippen molar-refractivity contribution in [3.05, 3.63) is 33.4 Å². The number of hydrogen-bond acceptors (Lipinski definition) is 3. The van der Waals surface area contributed by atoms with Crippen molar-refractivity contribution in [2.45, 2.75) is 13.3 Å². The Balaban J connectivity index is 2.10. The molecule has 1 aromatic rings. The van der Waals surface area contributed by atoms with Gasteiger partial charge in [-0.2, -0.15) is 0 Å². The molecular formula is C13H12INO3. The van der Waals surface area contributed by atoms with E-state index in [1.807, 2.05) is 12.1 Å². The third-order valence-corrected chi connectivity index (χ3v) is 3.66. The van der Waals surface area contributed by atoms with Crippen LogP contribution in [-0.4, -0.2) is 29.0 Å². The molecule has 0 radical (unpaired) electrons. The van der Waals surface area contributed by atoms with Gasteiger partial charge in [-0.3, -0.25) is 19.3 Å². The molecule has 18 heavy (non-hydrogen) atoms. The second-order valence-electron chi connectivity index (χ2n) is 4.35. The van der Waals surface area contributed by atoms with E-state index >= 15 is 0 Å². The molecule has 4 nitrogen and oxygen atoms in total. The van der Waals surface area contributed by atoms with E-state index in [9.17, 15) is 14.4 Å². The number of likely N-dealkylation sites (tertiary alicyclic amines) is 1. The lowest BCUT2D eigenvalue weighted by molar-refractivity contribution is -0.138. The van der Waals surface area contributed by atoms with Crippen molar-refractivity contribution in [2.24, 2.45) is 5.92 Å². The first kappa shape index (κ1) is 13.2. The van der Waals surface area contributed by atoms with Crippen molar-refractivity contribution >= 4 is 40.2 Å². The van der Waals surface area contributed by atoms with Gasteiger partial charge in [0.05, 0.1) is 6.54 Å². The summed E-state index contributed by atoms with van der Waals surface area (Å²) in [6.45, 7) is 1.55. The number of carbonyl (C=O) groups excluding carboxylic acids is 3. The highest BCUT2D eigenvalue weighted by Gasteiger charge is 2.36. The number of halogens is 1. The molecule has 1 fully saturated rings. The maximum Gasteiger partial charge on any atom is 0.232 e. The van der Waals surface area contributed by atoms with Crippen LogP contribution in [0.15, 0.2) is 24.3 Å². The van der Waals surface area contributed by atoms with Crippen LogP contribution in [0, 0.1) is 9.49 Å². The molecule has 1 aliphatic heterocycles. The van der Waals surface area contributed by atoms with Crippen molar-refractivity contribution in [3.63, 3.8) is 0 Å². The van der Waals surface area contributed by atoms with E-state index in [4.69, 9.17) is 0 Å². The Morgan fingerprint density at radius 1 is 1.33 bits per heavy atom. The van der Waals surface area contributed by atoms with Gasteiger partial charge in [-0.05, 0) is 34.7 Å². The zero-order chi connectivity index (χ0) is 13.3. The van der Waals surface area contributed by atoms with Crippen molar-refractivity contribution in [3.8, 4) is 0 Å². The minimum atomic E-state index is -0.304. The quantitative estimate of drug-likeness (QED) is 0.472. The molecule has 1 heterocycles. The summed E-state index contributed by atoms with van der Waals surface area (Å²) in [4.78, 5) is 36.3. The number of amides is 2. The summed E-state index contributed by atoms with van der Waals surface area (Å²) < 4.78 is 1.03. The molecule has 2 amide bonds. The van der Waals surface area contributed by atoms with E-state index in [1.54, 1.807) is 19.1 Å². The van der Waals surface area contributed by atoms with Crippen LogP contribution in [0.1, 0.15) is 23.7 Å². The van der Waals surface area contributed by atoms with E-state index < -0.39 is 0 Å². The molecular weight excluding hydrogens is 345 g/mol. The first-order valence-electron chi connectivity index (χ1n) is 5.62. The summed E-state index contributed by atoms with van der Waals surface area (Å²) in [6, 6.07) is 7.06. The summed E-state index contributed by atoms with van der Waals surface area (Å²) in [5.41, 5.74) is 0.524. The van der Waals surface area contributed by atoms with E-state index in [-0.39, 0.29) is 36.5 Å². The fourth-order valence-electron chi connectivity index (χ4n) is 1.89. The summed E-state index contributed by atoms with van der Waals surface area (Å²) in [7, 11) is 0. The fourth-order valence-corrected chi connectivity index (χ4v) is 2.24. The lowest BCUT2D eigenvalue weighted by Gasteiger charge is -2.13. The normalized spacial score (nSPS) is 19.4. The molecule has 5 heteroatoms. The fraction of sp³-hybridized carbons (Fsp3) is 0.308. The van der Waals surface area contributed by atoms with Crippen molar-refractivity contribution in [1.82, 2.24) is 4.90 Å². The van der Waals surface area contributed by atoms with E-state index in [1.165, 1.54) is 0 Å². The van der Waals surface area contributed by atoms with Gasteiger partial charge in [0.15, 0.2) is 5.78 Å². The van der Waals surface area contributed by atoms with Crippen LogP contribution in [-0.2, 0) is 9.59 Å². The van der Waals surface area contributed by atoms with Crippen LogP contribution in [0.25, 0.3) is 0 Å². The molecule has 0 spiro atoms. The second kappa shape index (κ2) is 5.17. The highest BCUT2D eigenvalue weighted by Crippen LogP contribution is 2.19. The van der Waals surface area contributed by atoms with E-state index in [0.717, 1.165) is 8.47 Å². The van der Waals surface area contributed by atoms with Crippen molar-refractivity contribution in [2.75, 3.05) is 6.54 Å². The minimum absolute atomic E-state index is 0.150. The smallest absolute Gasteiger partial charge is 0.232 e. The standard InChI is InChI=1S/C13H12INO3/c1-8-6-12(17)15(13(8)18)7-11(16)9-2-4-10(14)5-3-9/h2-5,8H,6-7H2,1H3. The molecule has 0 N–H and O–H groups in total. The lowest BCUT2D eigenvalue weighted by atomic mass is 10.1. The summed E-state index contributed by atoms with van der Waals surface area (Å²) >= 11 is 2.15. The molecule has 1 atom stereocenters. The zero-order valence-corrected chi connectivity index (χ0v) is 12.0. The average molecular weight is 357 g/mol. The Labute approximate surface area is 118 Å². The molecule has 94 valence electrons. The Morgan fingerprint density at radius 3 is 2.44 bits per heavy atom. The predicted molar refractivity (Wildman–Crippen MR) is 74.0 cm³/mol. The van der Waals surface area contributed by atoms with Crippen LogP contribution < -0.4 is 0 Å². The topological polar surface area (TPSA) is 54.5 Å². The maximum absolute atomic E-state index is 12.0. The van der Waals surface area contributed by atoms with Gasteiger partial charge in [0, 0.05) is 21.5 Å². The monoisotopic (exact) mass is 357 g/mol. The third kappa shape index (κ3) is 2.60. The molecule has 1 aromatic carbocycles. The molecule has 0 aliphatic carbocycles. The van der Waals surface area contributed by atoms with Gasteiger partial charge < -0.3 is 0 Å². The number of benzene rings is 1. The van der Waals surface area contributed by atoms with Crippen molar-refractivity contribution in [1.29, 1.82) is 0 Å². The highest BCUT2D eigenvalue weighted by atomic mass is 127. The number of nitrogens with zero attached hydrogens (tertiary/aromatic N) is 1. The molecule has 0 bridgehead atoms. The maximum atomic E-state index is 12.0. The first-order valence-corrected chi connectivity index (χ1v) is 6.70. The van der Waals surface area contributed by atoms with Gasteiger partial charge >= 0.3 is 0 Å². The van der Waals surface area contributed by atoms with Gasteiger partial charge in [-0.15, -0.1) is 0 Å². The van der Waals surface area contributed by atoms with Gasteiger partial charge in [-0.1, -0.05) is 19.1 Å². The van der Waals surface area contributed by atoms with Crippen LogP contribution >= 0.6 is 22.6 Å². The van der Waals surface area contributed by atoms with Gasteiger partial charge in [0.1, 0.15) is 0 Å². The number of rotatable bonds is 3. The second-order valence-corrected chi connectivity index (χ2v) is 5.60. The van der Waals surface area contributed by atoms with Gasteiger partial charge in [0.2, 0.25) is 11.8 Å². The first-order chi connectivity index (χ1) is 8.49. The van der Waals surface area contributed by atoms with Crippen LogP contribution in [0.5, 0.6) is 0 Å². The third-order valence-electron chi connectivity index (χ3n) is 2.94. The Bertz CT molecular complexity index is 509. The Morgan fingerprint density at radius 2 is 1.94 bits per heavy atom. The van der Waals surface area contributed by atoms with Crippen molar-refractivity contribution < 1.29 is 14.4 Å². The van der Waals surface area contributed by atoms with Gasteiger partial charge in [0.25, 0.3) is 0 Å². The van der Waals surface area contributed by atoms with E-state index in [2.05, 4.69) is 22.6 Å². The summed E-state index contributed by atoms with van der Waals surface area (Å²) in [6.07, 6.45) is 0.207. The summed E-state index contributed by atoms with van der Waals surface area (Å²) in [5.74, 6) is -1.02. The lowest BCUT2D eigenvalue weighted by Crippen LogP contribution is -2.35. The SMILES string of the molecule is CC1CC(=O)N(CC(=O)c2ccc(I)cc2)C1=O. The molecule has 1 aliphatic rings. The van der Waals surface area contributed by atoms with E-state index in [0.29, 0.717) is 5.56 Å². The Hall–Kier alpha value is -1.24. The van der Waals surface area contributed by atoms with Crippen LogP contribution in [0.4, 0.5) is 0 Å². The van der Waals surface area contributed by atoms with Gasteiger partial charge in [-0.25, -0.2) is 0 Å².